The summed E-state index contributed by atoms with van der Waals surface area (Å²) < 4.78 is 2.42. The summed E-state index contributed by atoms with van der Waals surface area (Å²) in [5, 5.41) is 0. The summed E-state index contributed by atoms with van der Waals surface area (Å²) in [6, 6.07) is 14.9. The van der Waals surface area contributed by atoms with E-state index in [4.69, 9.17) is 9.98 Å². The van der Waals surface area contributed by atoms with E-state index in [-0.39, 0.29) is 5.41 Å². The number of hydrogen-bond acceptors (Lipinski definition) is 2. The summed E-state index contributed by atoms with van der Waals surface area (Å²) in [6.45, 7) is 15.8. The fourth-order valence-electron chi connectivity index (χ4n) is 5.22. The zero-order valence-corrected chi connectivity index (χ0v) is 25.0. The van der Waals surface area contributed by atoms with Crippen LogP contribution in [-0.4, -0.2) is 29.5 Å². The summed E-state index contributed by atoms with van der Waals surface area (Å²) >= 11 is 0. The number of aromatic nitrogens is 2. The predicted molar refractivity (Wildman–Crippen MR) is 171 cm³/mol. The first-order valence-corrected chi connectivity index (χ1v) is 14.1. The minimum Gasteiger partial charge on any atom is -0.329 e. The van der Waals surface area contributed by atoms with Gasteiger partial charge in [0.25, 0.3) is 0 Å². The molecule has 39 heavy (non-hydrogen) atoms. The number of anilines is 1. The monoisotopic (exact) mass is 522 g/mol. The van der Waals surface area contributed by atoms with Crippen LogP contribution >= 0.6 is 0 Å². The largest absolute Gasteiger partial charge is 0.329 e. The first kappa shape index (κ1) is 29.9. The van der Waals surface area contributed by atoms with Crippen LogP contribution in [0, 0.1) is 12.3 Å². The molecule has 1 aromatic heterocycles. The predicted octanol–water partition coefficient (Wildman–Crippen LogP) is 8.86. The number of hydrogen-bond donors (Lipinski definition) is 0. The zero-order chi connectivity index (χ0) is 28.4. The molecule has 0 aliphatic carbocycles. The van der Waals surface area contributed by atoms with Crippen molar-refractivity contribution in [2.75, 3.05) is 19.0 Å². The van der Waals surface area contributed by atoms with E-state index in [9.17, 15) is 0 Å². The number of rotatable bonds is 12. The highest BCUT2D eigenvalue weighted by molar-refractivity contribution is 6.11. The standard InChI is InChI=1S/C35H46N4/c1-9-18-29(35(5,6)23-11-3)20-14-13-17-24-39-31-26-28(25-27(4)33(31)37-32(39)19-10-2)34(36-7)38(8)30-21-15-12-16-22-30/h9,11-16,18,21-23,25-26H,1,10,17,19-20,24H2,2-8H3/b14-13-,23-11-,29-18+,36-34?. The molecule has 0 N–H and O–H groups in total. The molecule has 1 heterocycles. The minimum atomic E-state index is 0.0154. The number of aryl methyl sites for hydroxylation is 3. The third-order valence-electron chi connectivity index (χ3n) is 7.28. The number of para-hydroxylation sites is 1. The second-order valence-corrected chi connectivity index (χ2v) is 10.6. The number of fused-ring (bicyclic) bond motifs is 1. The van der Waals surface area contributed by atoms with E-state index in [2.05, 4.69) is 124 Å². The second-order valence-electron chi connectivity index (χ2n) is 10.6. The first-order valence-electron chi connectivity index (χ1n) is 14.1. The van der Waals surface area contributed by atoms with E-state index in [1.165, 1.54) is 16.7 Å². The highest BCUT2D eigenvalue weighted by Gasteiger charge is 2.19. The summed E-state index contributed by atoms with van der Waals surface area (Å²) in [4.78, 5) is 11.9. The highest BCUT2D eigenvalue weighted by Crippen LogP contribution is 2.31. The third-order valence-corrected chi connectivity index (χ3v) is 7.28. The Balaban J connectivity index is 1.90. The SMILES string of the molecule is C=C/C=C(\C/C=C\CCn1c(CCC)nc2c(C)cc(C(=NC)N(C)c3ccccc3)cc21)C(C)(C)/C=C\C. The third kappa shape index (κ3) is 7.26. The van der Waals surface area contributed by atoms with Crippen LogP contribution in [0.15, 0.2) is 96.1 Å². The quantitative estimate of drug-likeness (QED) is 0.103. The van der Waals surface area contributed by atoms with Crippen molar-refractivity contribution in [2.24, 2.45) is 10.4 Å². The Morgan fingerprint density at radius 3 is 2.54 bits per heavy atom. The number of benzene rings is 2. The first-order chi connectivity index (χ1) is 18.8. The fourth-order valence-corrected chi connectivity index (χ4v) is 5.22. The van der Waals surface area contributed by atoms with E-state index in [1.807, 2.05) is 19.2 Å². The maximum atomic E-state index is 5.09. The number of amidine groups is 1. The molecule has 0 fully saturated rings. The molecule has 0 amide bonds. The van der Waals surface area contributed by atoms with Gasteiger partial charge in [0.1, 0.15) is 11.7 Å². The van der Waals surface area contributed by atoms with Crippen LogP contribution in [0.25, 0.3) is 11.0 Å². The summed E-state index contributed by atoms with van der Waals surface area (Å²) in [5.74, 6) is 2.11. The van der Waals surface area contributed by atoms with Gasteiger partial charge in [0.15, 0.2) is 0 Å². The van der Waals surface area contributed by atoms with E-state index in [0.29, 0.717) is 0 Å². The fraction of sp³-hybridized carbons (Fsp3) is 0.371. The number of allylic oxidation sites excluding steroid dienone is 7. The Morgan fingerprint density at radius 2 is 1.90 bits per heavy atom. The molecule has 0 spiro atoms. The van der Waals surface area contributed by atoms with Gasteiger partial charge in [0.05, 0.1) is 11.0 Å². The van der Waals surface area contributed by atoms with Crippen molar-refractivity contribution in [2.45, 2.75) is 66.8 Å². The van der Waals surface area contributed by atoms with E-state index < -0.39 is 0 Å². The highest BCUT2D eigenvalue weighted by atomic mass is 15.2. The van der Waals surface area contributed by atoms with Crippen LogP contribution < -0.4 is 4.90 Å². The lowest BCUT2D eigenvalue weighted by molar-refractivity contribution is 0.566. The van der Waals surface area contributed by atoms with Crippen LogP contribution in [0.3, 0.4) is 0 Å². The molecular weight excluding hydrogens is 476 g/mol. The number of nitrogens with zero attached hydrogens (tertiary/aromatic N) is 4. The molecule has 2 aromatic carbocycles. The van der Waals surface area contributed by atoms with E-state index in [0.717, 1.165) is 60.7 Å². The topological polar surface area (TPSA) is 33.4 Å². The molecule has 0 saturated carbocycles. The second kappa shape index (κ2) is 13.9. The van der Waals surface area contributed by atoms with Gasteiger partial charge in [-0.05, 0) is 62.9 Å². The molecule has 3 rings (SSSR count). The average molecular weight is 523 g/mol. The lowest BCUT2D eigenvalue weighted by atomic mass is 9.81. The number of aliphatic imine (C=N–C) groups is 1. The van der Waals surface area contributed by atoms with Crippen molar-refractivity contribution in [1.82, 2.24) is 9.55 Å². The van der Waals surface area contributed by atoms with Gasteiger partial charge >= 0.3 is 0 Å². The van der Waals surface area contributed by atoms with Gasteiger partial charge in [0.2, 0.25) is 0 Å². The Kier molecular flexibility index (Phi) is 10.7. The van der Waals surface area contributed by atoms with E-state index in [1.54, 1.807) is 0 Å². The van der Waals surface area contributed by atoms with Crippen LogP contribution in [0.5, 0.6) is 0 Å². The normalized spacial score (nSPS) is 13.2. The molecule has 4 heteroatoms. The van der Waals surface area contributed by atoms with Crippen LogP contribution in [-0.2, 0) is 13.0 Å². The summed E-state index contributed by atoms with van der Waals surface area (Å²) in [7, 11) is 3.94. The average Bonchev–Trinajstić information content (AvgIpc) is 3.26. The van der Waals surface area contributed by atoms with Gasteiger partial charge in [-0.1, -0.05) is 87.6 Å². The Labute approximate surface area is 236 Å². The summed E-state index contributed by atoms with van der Waals surface area (Å²) in [5.41, 5.74) is 7.06. The van der Waals surface area contributed by atoms with Gasteiger partial charge in [0, 0.05) is 43.7 Å². The molecule has 0 bridgehead atoms. The maximum absolute atomic E-state index is 5.09. The molecule has 0 radical (unpaired) electrons. The van der Waals surface area contributed by atoms with Crippen LogP contribution in [0.4, 0.5) is 5.69 Å². The van der Waals surface area contributed by atoms with Crippen molar-refractivity contribution in [3.05, 3.63) is 108 Å². The molecule has 0 saturated heterocycles. The van der Waals surface area contributed by atoms with Crippen molar-refractivity contribution in [3.8, 4) is 0 Å². The lowest BCUT2D eigenvalue weighted by Crippen LogP contribution is -2.27. The van der Waals surface area contributed by atoms with Gasteiger partial charge in [-0.25, -0.2) is 4.98 Å². The molecule has 3 aromatic rings. The zero-order valence-electron chi connectivity index (χ0n) is 25.0. The molecule has 0 aliphatic rings. The molecular formula is C35H46N4. The smallest absolute Gasteiger partial charge is 0.134 e. The van der Waals surface area contributed by atoms with Crippen molar-refractivity contribution in [3.63, 3.8) is 0 Å². The Morgan fingerprint density at radius 1 is 1.15 bits per heavy atom. The molecule has 4 nitrogen and oxygen atoms in total. The Hall–Kier alpha value is -3.66. The molecule has 206 valence electrons. The van der Waals surface area contributed by atoms with Crippen molar-refractivity contribution in [1.29, 1.82) is 0 Å². The maximum Gasteiger partial charge on any atom is 0.134 e. The molecule has 0 aliphatic heterocycles. The lowest BCUT2D eigenvalue weighted by Gasteiger charge is -2.23. The van der Waals surface area contributed by atoms with Gasteiger partial charge < -0.3 is 9.47 Å². The van der Waals surface area contributed by atoms with Crippen LogP contribution in [0.1, 0.15) is 63.9 Å². The van der Waals surface area contributed by atoms with Crippen molar-refractivity contribution >= 4 is 22.6 Å². The number of imidazole rings is 1. The minimum absolute atomic E-state index is 0.0154. The van der Waals surface area contributed by atoms with Crippen LogP contribution in [0.2, 0.25) is 0 Å². The van der Waals surface area contributed by atoms with Crippen molar-refractivity contribution < 1.29 is 0 Å². The van der Waals surface area contributed by atoms with E-state index >= 15 is 0 Å². The van der Waals surface area contributed by atoms with Gasteiger partial charge in [-0.2, -0.15) is 0 Å². The Bertz CT molecular complexity index is 1370. The van der Waals surface area contributed by atoms with Gasteiger partial charge in [-0.3, -0.25) is 4.99 Å². The molecule has 0 atom stereocenters. The summed E-state index contributed by atoms with van der Waals surface area (Å²) in [6.07, 6.45) is 16.9. The molecule has 0 unspecified atom stereocenters. The van der Waals surface area contributed by atoms with Gasteiger partial charge in [-0.15, -0.1) is 0 Å².